The van der Waals surface area contributed by atoms with Crippen molar-refractivity contribution >= 4 is 23.4 Å². The molecule has 124 valence electrons. The number of aromatic nitrogens is 2. The average Bonchev–Trinajstić information content (AvgIpc) is 3.17. The maximum atomic E-state index is 13.1. The summed E-state index contributed by atoms with van der Waals surface area (Å²) in [4.78, 5) is 16.4. The first kappa shape index (κ1) is 16.3. The number of halogens is 1. The molecule has 0 saturated heterocycles. The number of hydrogen-bond donors (Lipinski definition) is 1. The minimum atomic E-state index is -0.363. The van der Waals surface area contributed by atoms with Crippen LogP contribution in [-0.2, 0) is 12.8 Å². The van der Waals surface area contributed by atoms with E-state index in [4.69, 9.17) is 4.42 Å². The van der Waals surface area contributed by atoms with Crippen LogP contribution in [0.3, 0.4) is 0 Å². The van der Waals surface area contributed by atoms with Crippen LogP contribution >= 0.6 is 11.8 Å². The second-order valence-electron chi connectivity index (χ2n) is 5.29. The molecule has 24 heavy (non-hydrogen) atoms. The zero-order chi connectivity index (χ0) is 17.1. The number of nitrogens with zero attached hydrogens (tertiary/aromatic N) is 2. The highest BCUT2D eigenvalue weighted by atomic mass is 32.2. The SMILES string of the molecule is Cc1cc(F)ccc1NC(=O)c1ccc(CSc2nccn2C)o1. The molecule has 0 radical (unpaired) electrons. The standard InChI is InChI=1S/C17H16FN3O2S/c1-11-9-12(18)3-5-14(11)20-16(22)15-6-4-13(23-15)10-24-17-19-7-8-21(17)2/h3-9H,10H2,1-2H3,(H,20,22). The molecule has 0 bridgehead atoms. The minimum absolute atomic E-state index is 0.217. The summed E-state index contributed by atoms with van der Waals surface area (Å²) in [7, 11) is 1.92. The number of carbonyl (C=O) groups is 1. The summed E-state index contributed by atoms with van der Waals surface area (Å²) in [5.41, 5.74) is 1.21. The lowest BCUT2D eigenvalue weighted by molar-refractivity contribution is 0.0995. The van der Waals surface area contributed by atoms with Gasteiger partial charge in [0.1, 0.15) is 11.6 Å². The summed E-state index contributed by atoms with van der Waals surface area (Å²) >= 11 is 1.52. The Bertz CT molecular complexity index is 872. The smallest absolute Gasteiger partial charge is 0.291 e. The van der Waals surface area contributed by atoms with Gasteiger partial charge in [-0.05, 0) is 42.8 Å². The maximum absolute atomic E-state index is 13.1. The van der Waals surface area contributed by atoms with E-state index in [0.717, 1.165) is 5.16 Å². The van der Waals surface area contributed by atoms with Crippen LogP contribution in [0.15, 0.2) is 52.3 Å². The topological polar surface area (TPSA) is 60.1 Å². The Labute approximate surface area is 142 Å². The summed E-state index contributed by atoms with van der Waals surface area (Å²) < 4.78 is 20.6. The molecule has 0 aliphatic carbocycles. The normalized spacial score (nSPS) is 10.8. The fourth-order valence-electron chi connectivity index (χ4n) is 2.16. The van der Waals surface area contributed by atoms with Gasteiger partial charge in [0.25, 0.3) is 5.91 Å². The van der Waals surface area contributed by atoms with Gasteiger partial charge in [-0.3, -0.25) is 4.79 Å². The van der Waals surface area contributed by atoms with Crippen LogP contribution in [0.2, 0.25) is 0 Å². The fraction of sp³-hybridized carbons (Fsp3) is 0.176. The van der Waals surface area contributed by atoms with Crippen LogP contribution in [0, 0.1) is 12.7 Å². The van der Waals surface area contributed by atoms with Crippen LogP contribution in [0.5, 0.6) is 0 Å². The Morgan fingerprint density at radius 2 is 2.21 bits per heavy atom. The molecule has 2 heterocycles. The number of furan rings is 1. The molecule has 2 aromatic heterocycles. The van der Waals surface area contributed by atoms with Crippen LogP contribution in [0.25, 0.3) is 0 Å². The number of aryl methyl sites for hydroxylation is 2. The van der Waals surface area contributed by atoms with Gasteiger partial charge >= 0.3 is 0 Å². The van der Waals surface area contributed by atoms with E-state index in [-0.39, 0.29) is 17.5 Å². The molecule has 3 aromatic rings. The van der Waals surface area contributed by atoms with Gasteiger partial charge < -0.3 is 14.3 Å². The van der Waals surface area contributed by atoms with Crippen molar-refractivity contribution in [3.63, 3.8) is 0 Å². The highest BCUT2D eigenvalue weighted by molar-refractivity contribution is 7.98. The van der Waals surface area contributed by atoms with Crippen molar-refractivity contribution in [3.8, 4) is 0 Å². The number of carbonyl (C=O) groups excluding carboxylic acids is 1. The van der Waals surface area contributed by atoms with E-state index < -0.39 is 0 Å². The Balaban J connectivity index is 1.64. The van der Waals surface area contributed by atoms with Crippen LogP contribution < -0.4 is 5.32 Å². The van der Waals surface area contributed by atoms with Crippen molar-refractivity contribution in [1.82, 2.24) is 9.55 Å². The molecule has 1 aromatic carbocycles. The van der Waals surface area contributed by atoms with Gasteiger partial charge in [0.2, 0.25) is 0 Å². The summed E-state index contributed by atoms with van der Waals surface area (Å²) in [6, 6.07) is 7.60. The van der Waals surface area contributed by atoms with Gasteiger partial charge in [0.05, 0.1) is 5.75 Å². The molecule has 5 nitrogen and oxygen atoms in total. The Morgan fingerprint density at radius 3 is 2.92 bits per heavy atom. The minimum Gasteiger partial charge on any atom is -0.455 e. The fourth-order valence-corrected chi connectivity index (χ4v) is 2.98. The third-order valence-corrected chi connectivity index (χ3v) is 4.52. The van der Waals surface area contributed by atoms with Crippen LogP contribution in [-0.4, -0.2) is 15.5 Å². The van der Waals surface area contributed by atoms with Crippen molar-refractivity contribution in [2.24, 2.45) is 7.05 Å². The Kier molecular flexibility index (Phi) is 4.71. The molecule has 1 amide bonds. The molecule has 0 aliphatic heterocycles. The zero-order valence-corrected chi connectivity index (χ0v) is 14.1. The number of imidazole rings is 1. The molecular formula is C17H16FN3O2S. The largest absolute Gasteiger partial charge is 0.455 e. The van der Waals surface area contributed by atoms with E-state index in [9.17, 15) is 9.18 Å². The van der Waals surface area contributed by atoms with Crippen molar-refractivity contribution in [2.75, 3.05) is 5.32 Å². The van der Waals surface area contributed by atoms with E-state index in [0.29, 0.717) is 22.8 Å². The monoisotopic (exact) mass is 345 g/mol. The molecule has 3 rings (SSSR count). The number of benzene rings is 1. The predicted octanol–water partition coefficient (Wildman–Crippen LogP) is 4.01. The van der Waals surface area contributed by atoms with Gasteiger partial charge in [0, 0.05) is 25.1 Å². The molecule has 1 N–H and O–H groups in total. The van der Waals surface area contributed by atoms with Crippen molar-refractivity contribution < 1.29 is 13.6 Å². The Morgan fingerprint density at radius 1 is 1.38 bits per heavy atom. The van der Waals surface area contributed by atoms with E-state index in [2.05, 4.69) is 10.3 Å². The highest BCUT2D eigenvalue weighted by Gasteiger charge is 2.13. The Hall–Kier alpha value is -2.54. The van der Waals surface area contributed by atoms with Crippen LogP contribution in [0.1, 0.15) is 21.9 Å². The molecule has 0 unspecified atom stereocenters. The van der Waals surface area contributed by atoms with Crippen molar-refractivity contribution in [2.45, 2.75) is 17.8 Å². The van der Waals surface area contributed by atoms with Gasteiger partial charge in [-0.25, -0.2) is 9.37 Å². The summed E-state index contributed by atoms with van der Waals surface area (Å²) in [6.07, 6.45) is 3.60. The van der Waals surface area contributed by atoms with E-state index in [1.807, 2.05) is 17.8 Å². The molecule has 0 atom stereocenters. The molecule has 0 saturated carbocycles. The first-order chi connectivity index (χ1) is 11.5. The summed E-state index contributed by atoms with van der Waals surface area (Å²) in [6.45, 7) is 1.73. The first-order valence-corrected chi connectivity index (χ1v) is 8.28. The number of hydrogen-bond acceptors (Lipinski definition) is 4. The third-order valence-electron chi connectivity index (χ3n) is 3.44. The lowest BCUT2D eigenvalue weighted by Crippen LogP contribution is -2.11. The van der Waals surface area contributed by atoms with E-state index in [1.165, 1.54) is 30.0 Å². The third kappa shape index (κ3) is 3.68. The lowest BCUT2D eigenvalue weighted by Gasteiger charge is -2.06. The van der Waals surface area contributed by atoms with Gasteiger partial charge in [-0.1, -0.05) is 11.8 Å². The number of amides is 1. The van der Waals surface area contributed by atoms with E-state index in [1.54, 1.807) is 25.3 Å². The second-order valence-corrected chi connectivity index (χ2v) is 6.23. The average molecular weight is 345 g/mol. The lowest BCUT2D eigenvalue weighted by atomic mass is 10.2. The zero-order valence-electron chi connectivity index (χ0n) is 13.2. The van der Waals surface area contributed by atoms with Crippen LogP contribution in [0.4, 0.5) is 10.1 Å². The maximum Gasteiger partial charge on any atom is 0.291 e. The van der Waals surface area contributed by atoms with Gasteiger partial charge in [-0.15, -0.1) is 0 Å². The number of nitrogens with one attached hydrogen (secondary N) is 1. The van der Waals surface area contributed by atoms with Gasteiger partial charge in [0.15, 0.2) is 10.9 Å². The molecule has 7 heteroatoms. The van der Waals surface area contributed by atoms with E-state index >= 15 is 0 Å². The first-order valence-electron chi connectivity index (χ1n) is 7.29. The van der Waals surface area contributed by atoms with Crippen molar-refractivity contribution in [3.05, 3.63) is 65.6 Å². The molecule has 0 spiro atoms. The number of anilines is 1. The quantitative estimate of drug-likeness (QED) is 0.710. The number of thioether (sulfide) groups is 1. The highest BCUT2D eigenvalue weighted by Crippen LogP contribution is 2.23. The summed E-state index contributed by atoms with van der Waals surface area (Å²) in [5, 5.41) is 3.60. The molecule has 0 fully saturated rings. The second kappa shape index (κ2) is 6.92. The predicted molar refractivity (Wildman–Crippen MR) is 90.6 cm³/mol. The van der Waals surface area contributed by atoms with Crippen molar-refractivity contribution in [1.29, 1.82) is 0 Å². The summed E-state index contributed by atoms with van der Waals surface area (Å²) in [5.74, 6) is 0.779. The number of rotatable bonds is 5. The molecule has 0 aliphatic rings. The molecular weight excluding hydrogens is 329 g/mol. The van der Waals surface area contributed by atoms with Gasteiger partial charge in [-0.2, -0.15) is 0 Å².